The number of rotatable bonds is 6. The number of carbonyl (C=O) groups excluding carboxylic acids is 1. The van der Waals surface area contributed by atoms with Gasteiger partial charge in [0.15, 0.2) is 5.13 Å². The largest absolute Gasteiger partial charge is 0.497 e. The maximum Gasteiger partial charge on any atom is 0.246 e. The summed E-state index contributed by atoms with van der Waals surface area (Å²) >= 11 is 1.52. The van der Waals surface area contributed by atoms with Gasteiger partial charge < -0.3 is 20.1 Å². The highest BCUT2D eigenvalue weighted by Crippen LogP contribution is 2.29. The molecule has 1 aromatic heterocycles. The first-order chi connectivity index (χ1) is 12.1. The van der Waals surface area contributed by atoms with Gasteiger partial charge in [-0.05, 0) is 31.2 Å². The number of anilines is 2. The van der Waals surface area contributed by atoms with Crippen molar-refractivity contribution in [3.05, 3.63) is 42.5 Å². The zero-order valence-corrected chi connectivity index (χ0v) is 15.0. The van der Waals surface area contributed by atoms with Crippen LogP contribution in [-0.4, -0.2) is 31.2 Å². The Morgan fingerprint density at radius 3 is 2.68 bits per heavy atom. The highest BCUT2D eigenvalue weighted by atomic mass is 32.1. The summed E-state index contributed by atoms with van der Waals surface area (Å²) in [7, 11) is 3.13. The topological polar surface area (TPSA) is 72.5 Å². The van der Waals surface area contributed by atoms with Gasteiger partial charge >= 0.3 is 0 Å². The van der Waals surface area contributed by atoms with Crippen molar-refractivity contribution in [2.24, 2.45) is 0 Å². The minimum absolute atomic E-state index is 0.178. The third-order valence-electron chi connectivity index (χ3n) is 3.69. The minimum atomic E-state index is -0.452. The van der Waals surface area contributed by atoms with Gasteiger partial charge in [0.25, 0.3) is 0 Å². The zero-order valence-electron chi connectivity index (χ0n) is 14.2. The van der Waals surface area contributed by atoms with Crippen LogP contribution in [-0.2, 0) is 4.79 Å². The van der Waals surface area contributed by atoms with Crippen LogP contribution in [0.25, 0.3) is 10.2 Å². The molecule has 0 aliphatic rings. The number of aromatic nitrogens is 1. The van der Waals surface area contributed by atoms with Crippen LogP contribution in [0.1, 0.15) is 6.92 Å². The number of methoxy groups -OCH3 is 2. The Balaban J connectivity index is 1.70. The molecule has 2 aromatic carbocycles. The standard InChI is InChI=1S/C18H19N3O3S/c1-11(19-18-21-14-6-4-5-7-16(14)25-18)17(22)20-13-9-8-12(23-2)10-15(13)24-3/h4-11H,1-3H3,(H,19,21)(H,20,22)/t11-/m1/s1. The van der Waals surface area contributed by atoms with Crippen LogP contribution in [0.15, 0.2) is 42.5 Å². The highest BCUT2D eigenvalue weighted by Gasteiger charge is 2.17. The third-order valence-corrected chi connectivity index (χ3v) is 4.66. The predicted octanol–water partition coefficient (Wildman–Crippen LogP) is 3.75. The van der Waals surface area contributed by atoms with Crippen molar-refractivity contribution in [2.45, 2.75) is 13.0 Å². The smallest absolute Gasteiger partial charge is 0.246 e. The first-order valence-electron chi connectivity index (χ1n) is 7.75. The quantitative estimate of drug-likeness (QED) is 0.703. The average Bonchev–Trinajstić information content (AvgIpc) is 3.04. The van der Waals surface area contributed by atoms with E-state index in [2.05, 4.69) is 15.6 Å². The third kappa shape index (κ3) is 3.83. The molecule has 6 nitrogen and oxygen atoms in total. The van der Waals surface area contributed by atoms with Crippen molar-refractivity contribution < 1.29 is 14.3 Å². The second-order valence-corrected chi connectivity index (χ2v) is 6.44. The van der Waals surface area contributed by atoms with Gasteiger partial charge in [0.2, 0.25) is 5.91 Å². The van der Waals surface area contributed by atoms with E-state index in [0.717, 1.165) is 10.2 Å². The number of ether oxygens (including phenoxy) is 2. The van der Waals surface area contributed by atoms with E-state index in [9.17, 15) is 4.79 Å². The SMILES string of the molecule is COc1ccc(NC(=O)[C@@H](C)Nc2nc3ccccc3s2)c(OC)c1. The molecule has 2 N–H and O–H groups in total. The van der Waals surface area contributed by atoms with Gasteiger partial charge in [-0.2, -0.15) is 0 Å². The van der Waals surface area contributed by atoms with Crippen LogP contribution >= 0.6 is 11.3 Å². The lowest BCUT2D eigenvalue weighted by molar-refractivity contribution is -0.116. The lowest BCUT2D eigenvalue weighted by Gasteiger charge is -2.15. The van der Waals surface area contributed by atoms with Crippen molar-refractivity contribution >= 4 is 38.3 Å². The molecule has 0 bridgehead atoms. The van der Waals surface area contributed by atoms with Crippen LogP contribution in [0.5, 0.6) is 11.5 Å². The predicted molar refractivity (Wildman–Crippen MR) is 101 cm³/mol. The number of amides is 1. The molecule has 7 heteroatoms. The second kappa shape index (κ2) is 7.40. The summed E-state index contributed by atoms with van der Waals surface area (Å²) in [4.78, 5) is 17.0. The summed E-state index contributed by atoms with van der Waals surface area (Å²) in [6, 6.07) is 12.7. The number of hydrogen-bond acceptors (Lipinski definition) is 6. The Hall–Kier alpha value is -2.80. The molecule has 0 fully saturated rings. The van der Waals surface area contributed by atoms with Crippen molar-refractivity contribution in [2.75, 3.05) is 24.9 Å². The minimum Gasteiger partial charge on any atom is -0.497 e. The van der Waals surface area contributed by atoms with Crippen LogP contribution in [0.4, 0.5) is 10.8 Å². The van der Waals surface area contributed by atoms with E-state index in [4.69, 9.17) is 9.47 Å². The summed E-state index contributed by atoms with van der Waals surface area (Å²) in [6.45, 7) is 1.79. The first-order valence-corrected chi connectivity index (χ1v) is 8.57. The Morgan fingerprint density at radius 2 is 1.96 bits per heavy atom. The van der Waals surface area contributed by atoms with Crippen molar-refractivity contribution in [3.63, 3.8) is 0 Å². The molecule has 1 atom stereocenters. The Kier molecular flexibility index (Phi) is 5.04. The molecule has 0 unspecified atom stereocenters. The van der Waals surface area contributed by atoms with E-state index < -0.39 is 6.04 Å². The number of thiazole rings is 1. The molecule has 0 spiro atoms. The highest BCUT2D eigenvalue weighted by molar-refractivity contribution is 7.22. The van der Waals surface area contributed by atoms with Crippen LogP contribution < -0.4 is 20.1 Å². The van der Waals surface area contributed by atoms with E-state index in [1.54, 1.807) is 39.3 Å². The normalized spacial score (nSPS) is 11.8. The fourth-order valence-electron chi connectivity index (χ4n) is 2.33. The summed E-state index contributed by atoms with van der Waals surface area (Å²) in [5.74, 6) is 1.03. The molecule has 0 aliphatic carbocycles. The second-order valence-electron chi connectivity index (χ2n) is 5.41. The zero-order chi connectivity index (χ0) is 17.8. The summed E-state index contributed by atoms with van der Waals surface area (Å²) < 4.78 is 11.5. The molecular weight excluding hydrogens is 338 g/mol. The molecule has 0 aliphatic heterocycles. The number of fused-ring (bicyclic) bond motifs is 1. The number of nitrogens with zero attached hydrogens (tertiary/aromatic N) is 1. The monoisotopic (exact) mass is 357 g/mol. The van der Waals surface area contributed by atoms with Gasteiger partial charge in [-0.25, -0.2) is 4.98 Å². The Labute approximate surface area is 149 Å². The molecule has 0 saturated carbocycles. The van der Waals surface area contributed by atoms with Gasteiger partial charge in [-0.3, -0.25) is 4.79 Å². The summed E-state index contributed by atoms with van der Waals surface area (Å²) in [5.41, 5.74) is 1.51. The van der Waals surface area contributed by atoms with E-state index in [1.165, 1.54) is 11.3 Å². The molecule has 3 rings (SSSR count). The average molecular weight is 357 g/mol. The van der Waals surface area contributed by atoms with Crippen LogP contribution in [0.2, 0.25) is 0 Å². The number of nitrogens with one attached hydrogen (secondary N) is 2. The summed E-state index contributed by atoms with van der Waals surface area (Å²) in [5, 5.41) is 6.72. The number of benzene rings is 2. The van der Waals surface area contributed by atoms with Crippen molar-refractivity contribution in [1.82, 2.24) is 4.98 Å². The van der Waals surface area contributed by atoms with Crippen LogP contribution in [0.3, 0.4) is 0 Å². The molecule has 3 aromatic rings. The van der Waals surface area contributed by atoms with E-state index in [0.29, 0.717) is 22.3 Å². The van der Waals surface area contributed by atoms with E-state index in [1.807, 2.05) is 24.3 Å². The molecule has 0 radical (unpaired) electrons. The molecule has 130 valence electrons. The Morgan fingerprint density at radius 1 is 1.16 bits per heavy atom. The van der Waals surface area contributed by atoms with Gasteiger partial charge in [-0.1, -0.05) is 23.5 Å². The van der Waals surface area contributed by atoms with Gasteiger partial charge in [-0.15, -0.1) is 0 Å². The van der Waals surface area contributed by atoms with E-state index >= 15 is 0 Å². The fourth-order valence-corrected chi connectivity index (χ4v) is 3.28. The summed E-state index contributed by atoms with van der Waals surface area (Å²) in [6.07, 6.45) is 0. The van der Waals surface area contributed by atoms with Gasteiger partial charge in [0.1, 0.15) is 17.5 Å². The van der Waals surface area contributed by atoms with E-state index in [-0.39, 0.29) is 5.91 Å². The van der Waals surface area contributed by atoms with Crippen molar-refractivity contribution in [3.8, 4) is 11.5 Å². The number of carbonyl (C=O) groups is 1. The number of hydrogen-bond donors (Lipinski definition) is 2. The maximum absolute atomic E-state index is 12.5. The Bertz CT molecular complexity index is 861. The lowest BCUT2D eigenvalue weighted by Crippen LogP contribution is -2.31. The molecule has 0 saturated heterocycles. The van der Waals surface area contributed by atoms with Crippen LogP contribution in [0, 0.1) is 0 Å². The molecule has 25 heavy (non-hydrogen) atoms. The maximum atomic E-state index is 12.5. The molecule has 1 heterocycles. The molecular formula is C18H19N3O3S. The molecule has 1 amide bonds. The lowest BCUT2D eigenvalue weighted by atomic mass is 10.2. The fraction of sp³-hybridized carbons (Fsp3) is 0.222. The number of para-hydroxylation sites is 1. The van der Waals surface area contributed by atoms with Gasteiger partial charge in [0, 0.05) is 6.07 Å². The van der Waals surface area contributed by atoms with Gasteiger partial charge in [0.05, 0.1) is 30.1 Å². The first kappa shape index (κ1) is 17.0. The van der Waals surface area contributed by atoms with Crippen molar-refractivity contribution in [1.29, 1.82) is 0 Å².